The second-order valence-corrected chi connectivity index (χ2v) is 5.11. The van der Waals surface area contributed by atoms with Gasteiger partial charge in [0, 0.05) is 11.8 Å². The number of hydrogen-bond acceptors (Lipinski definition) is 2. The monoisotopic (exact) mass is 257 g/mol. The first kappa shape index (κ1) is 12.3. The Morgan fingerprint density at radius 3 is 2.79 bits per heavy atom. The highest BCUT2D eigenvalue weighted by molar-refractivity contribution is 5.30. The number of aliphatic hydroxyl groups excluding tert-OH is 1. The minimum absolute atomic E-state index is 0.0757. The van der Waals surface area contributed by atoms with Gasteiger partial charge in [0.2, 0.25) is 0 Å². The molecule has 1 aromatic heterocycles. The highest BCUT2D eigenvalue weighted by Gasteiger charge is 2.27. The van der Waals surface area contributed by atoms with Crippen molar-refractivity contribution in [3.05, 3.63) is 65.2 Å². The van der Waals surface area contributed by atoms with Crippen LogP contribution in [-0.4, -0.2) is 10.1 Å². The molecule has 3 rings (SSSR count). The summed E-state index contributed by atoms with van der Waals surface area (Å²) >= 11 is 0. The van der Waals surface area contributed by atoms with E-state index in [0.29, 0.717) is 5.56 Å². The summed E-state index contributed by atoms with van der Waals surface area (Å²) in [7, 11) is 0. The van der Waals surface area contributed by atoms with E-state index in [1.165, 1.54) is 17.3 Å². The first-order chi connectivity index (χ1) is 9.25. The third kappa shape index (κ3) is 2.38. The van der Waals surface area contributed by atoms with E-state index in [2.05, 4.69) is 17.1 Å². The van der Waals surface area contributed by atoms with Gasteiger partial charge in [-0.2, -0.15) is 0 Å². The fraction of sp³-hybridized carbons (Fsp3) is 0.312. The Kier molecular flexibility index (Phi) is 3.30. The van der Waals surface area contributed by atoms with Crippen molar-refractivity contribution in [2.75, 3.05) is 0 Å². The highest BCUT2D eigenvalue weighted by atomic mass is 19.1. The molecule has 0 spiro atoms. The minimum atomic E-state index is -0.753. The topological polar surface area (TPSA) is 33.1 Å². The average molecular weight is 257 g/mol. The number of aliphatic hydroxyl groups is 1. The van der Waals surface area contributed by atoms with Crippen molar-refractivity contribution in [3.8, 4) is 0 Å². The number of pyridine rings is 1. The molecule has 98 valence electrons. The predicted octanol–water partition coefficient (Wildman–Crippen LogP) is 3.06. The van der Waals surface area contributed by atoms with Crippen LogP contribution in [0, 0.1) is 11.7 Å². The molecule has 19 heavy (non-hydrogen) atoms. The van der Waals surface area contributed by atoms with Crippen molar-refractivity contribution in [1.82, 2.24) is 4.98 Å². The quantitative estimate of drug-likeness (QED) is 0.897. The second kappa shape index (κ2) is 5.10. The van der Waals surface area contributed by atoms with Gasteiger partial charge in [0.1, 0.15) is 5.82 Å². The van der Waals surface area contributed by atoms with Crippen molar-refractivity contribution in [2.45, 2.75) is 25.4 Å². The van der Waals surface area contributed by atoms with Gasteiger partial charge in [-0.05, 0) is 42.4 Å². The van der Waals surface area contributed by atoms with Gasteiger partial charge in [-0.1, -0.05) is 24.3 Å². The van der Waals surface area contributed by atoms with Gasteiger partial charge in [-0.3, -0.25) is 4.98 Å². The molecule has 3 heteroatoms. The fourth-order valence-corrected chi connectivity index (χ4v) is 2.88. The van der Waals surface area contributed by atoms with Gasteiger partial charge >= 0.3 is 0 Å². The lowest BCUT2D eigenvalue weighted by molar-refractivity contribution is 0.0958. The largest absolute Gasteiger partial charge is 0.388 e. The maximum Gasteiger partial charge on any atom is 0.147 e. The molecule has 0 saturated carbocycles. The molecular formula is C16H16FNO. The summed E-state index contributed by atoms with van der Waals surface area (Å²) in [5, 5.41) is 10.4. The molecule has 0 amide bonds. The first-order valence-electron chi connectivity index (χ1n) is 6.60. The maximum absolute atomic E-state index is 13.7. The zero-order chi connectivity index (χ0) is 13.2. The zero-order valence-electron chi connectivity index (χ0n) is 10.6. The highest BCUT2D eigenvalue weighted by Crippen LogP contribution is 2.34. The van der Waals surface area contributed by atoms with E-state index in [-0.39, 0.29) is 5.92 Å². The Balaban J connectivity index is 1.83. The van der Waals surface area contributed by atoms with Crippen molar-refractivity contribution in [1.29, 1.82) is 0 Å². The van der Waals surface area contributed by atoms with Crippen molar-refractivity contribution >= 4 is 0 Å². The average Bonchev–Trinajstić information content (AvgIpc) is 2.46. The van der Waals surface area contributed by atoms with E-state index in [4.69, 9.17) is 0 Å². The molecule has 0 radical (unpaired) electrons. The lowest BCUT2D eigenvalue weighted by atomic mass is 9.79. The zero-order valence-corrected chi connectivity index (χ0v) is 10.6. The molecular weight excluding hydrogens is 241 g/mol. The molecule has 0 aliphatic heterocycles. The lowest BCUT2D eigenvalue weighted by Gasteiger charge is -2.28. The van der Waals surface area contributed by atoms with Crippen LogP contribution in [0.5, 0.6) is 0 Å². The molecule has 0 saturated heterocycles. The van der Waals surface area contributed by atoms with Crippen LogP contribution in [0.1, 0.15) is 29.2 Å². The molecule has 2 nitrogen and oxygen atoms in total. The van der Waals surface area contributed by atoms with Crippen molar-refractivity contribution in [2.24, 2.45) is 5.92 Å². The third-order valence-electron chi connectivity index (χ3n) is 3.95. The van der Waals surface area contributed by atoms with Crippen LogP contribution in [0.2, 0.25) is 0 Å². The van der Waals surface area contributed by atoms with Gasteiger partial charge < -0.3 is 5.11 Å². The van der Waals surface area contributed by atoms with Gasteiger partial charge in [-0.15, -0.1) is 0 Å². The van der Waals surface area contributed by atoms with E-state index >= 15 is 0 Å². The van der Waals surface area contributed by atoms with E-state index < -0.39 is 11.9 Å². The van der Waals surface area contributed by atoms with Crippen LogP contribution >= 0.6 is 0 Å². The molecule has 2 aromatic rings. The van der Waals surface area contributed by atoms with Crippen LogP contribution in [0.3, 0.4) is 0 Å². The molecule has 1 N–H and O–H groups in total. The third-order valence-corrected chi connectivity index (χ3v) is 3.95. The Bertz CT molecular complexity index is 584. The standard InChI is InChI=1S/C16H16FNO/c17-15-10-18-8-7-14(15)16(19)13-6-5-11-3-1-2-4-12(11)9-13/h1-4,7-8,10,13,16,19H,5-6,9H2. The summed E-state index contributed by atoms with van der Waals surface area (Å²) in [6.07, 6.45) is 4.58. The van der Waals surface area contributed by atoms with Crippen molar-refractivity contribution < 1.29 is 9.50 Å². The number of aromatic nitrogens is 1. The summed E-state index contributed by atoms with van der Waals surface area (Å²) < 4.78 is 13.7. The molecule has 1 aromatic carbocycles. The van der Waals surface area contributed by atoms with Crippen LogP contribution in [0.4, 0.5) is 4.39 Å². The summed E-state index contributed by atoms with van der Waals surface area (Å²) in [5.41, 5.74) is 2.98. The first-order valence-corrected chi connectivity index (χ1v) is 6.60. The second-order valence-electron chi connectivity index (χ2n) is 5.11. The van der Waals surface area contributed by atoms with Crippen LogP contribution < -0.4 is 0 Å². The number of fused-ring (bicyclic) bond motifs is 1. The van der Waals surface area contributed by atoms with Gasteiger partial charge in [0.15, 0.2) is 0 Å². The fourth-order valence-electron chi connectivity index (χ4n) is 2.88. The summed E-state index contributed by atoms with van der Waals surface area (Å²) in [5.74, 6) is -0.347. The number of halogens is 1. The van der Waals surface area contributed by atoms with Crippen molar-refractivity contribution in [3.63, 3.8) is 0 Å². The normalized spacial score (nSPS) is 19.8. The van der Waals surface area contributed by atoms with Gasteiger partial charge in [0.05, 0.1) is 12.3 Å². The van der Waals surface area contributed by atoms with Gasteiger partial charge in [0.25, 0.3) is 0 Å². The number of aryl methyl sites for hydroxylation is 1. The number of nitrogens with zero attached hydrogens (tertiary/aromatic N) is 1. The molecule has 0 bridgehead atoms. The summed E-state index contributed by atoms with van der Waals surface area (Å²) in [6.45, 7) is 0. The molecule has 0 fully saturated rings. The number of rotatable bonds is 2. The maximum atomic E-state index is 13.7. The van der Waals surface area contributed by atoms with E-state index in [1.54, 1.807) is 6.07 Å². The summed E-state index contributed by atoms with van der Waals surface area (Å²) in [6, 6.07) is 9.85. The molecule has 2 unspecified atom stereocenters. The lowest BCUT2D eigenvalue weighted by Crippen LogP contribution is -2.21. The SMILES string of the molecule is OC(c1ccncc1F)C1CCc2ccccc2C1. The smallest absolute Gasteiger partial charge is 0.147 e. The number of hydrogen-bond donors (Lipinski definition) is 1. The Morgan fingerprint density at radius 1 is 1.21 bits per heavy atom. The molecule has 1 aliphatic carbocycles. The molecule has 1 aliphatic rings. The Hall–Kier alpha value is -1.74. The van der Waals surface area contributed by atoms with Crippen LogP contribution in [-0.2, 0) is 12.8 Å². The van der Waals surface area contributed by atoms with Crippen LogP contribution in [0.25, 0.3) is 0 Å². The Labute approximate surface area is 111 Å². The molecule has 2 atom stereocenters. The molecule has 1 heterocycles. The summed E-state index contributed by atoms with van der Waals surface area (Å²) in [4.78, 5) is 3.72. The number of benzene rings is 1. The Morgan fingerprint density at radius 2 is 2.00 bits per heavy atom. The minimum Gasteiger partial charge on any atom is -0.388 e. The van der Waals surface area contributed by atoms with E-state index in [9.17, 15) is 9.50 Å². The van der Waals surface area contributed by atoms with Crippen LogP contribution in [0.15, 0.2) is 42.7 Å². The van der Waals surface area contributed by atoms with E-state index in [0.717, 1.165) is 25.5 Å². The van der Waals surface area contributed by atoms with E-state index in [1.807, 2.05) is 12.1 Å². The predicted molar refractivity (Wildman–Crippen MR) is 71.1 cm³/mol. The van der Waals surface area contributed by atoms with Gasteiger partial charge in [-0.25, -0.2) is 4.39 Å².